The molecule has 1 aliphatic heterocycles. The number of carbonyl (C=O) groups excluding carboxylic acids is 2. The van der Waals surface area contributed by atoms with Gasteiger partial charge in [0, 0.05) is 13.6 Å². The number of nitrogens with two attached hydrogens (primary N) is 1. The molecule has 3 N–H and O–H groups in total. The quantitative estimate of drug-likeness (QED) is 0.694. The highest BCUT2D eigenvalue weighted by Gasteiger charge is 2.46. The van der Waals surface area contributed by atoms with E-state index in [1.165, 1.54) is 18.9 Å². The summed E-state index contributed by atoms with van der Waals surface area (Å²) in [5.74, 6) is -1.66. The Balaban J connectivity index is 2.81. The molecule has 1 unspecified atom stereocenters. The van der Waals surface area contributed by atoms with Crippen LogP contribution in [0.3, 0.4) is 0 Å². The lowest BCUT2D eigenvalue weighted by atomic mass is 10.00. The van der Waals surface area contributed by atoms with Crippen molar-refractivity contribution in [2.24, 2.45) is 5.73 Å². The number of likely N-dealkylation sites (tertiary alicyclic amines) is 1. The smallest absolute Gasteiger partial charge is 0.329 e. The molecule has 1 heterocycles. The van der Waals surface area contributed by atoms with E-state index < -0.39 is 23.4 Å². The van der Waals surface area contributed by atoms with Gasteiger partial charge in [-0.05, 0) is 19.8 Å². The number of hydrogen-bond donors (Lipinski definition) is 2. The third kappa shape index (κ3) is 2.48. The summed E-state index contributed by atoms with van der Waals surface area (Å²) in [7, 11) is 1.42. The Morgan fingerprint density at radius 3 is 2.53 bits per heavy atom. The zero-order valence-electron chi connectivity index (χ0n) is 9.97. The molecule has 1 aliphatic rings. The van der Waals surface area contributed by atoms with Crippen LogP contribution in [-0.4, -0.2) is 58.5 Å². The summed E-state index contributed by atoms with van der Waals surface area (Å²) in [5.41, 5.74) is 3.80. The van der Waals surface area contributed by atoms with Gasteiger partial charge in [0.25, 0.3) is 0 Å². The van der Waals surface area contributed by atoms with Gasteiger partial charge in [-0.3, -0.25) is 4.79 Å². The second kappa shape index (κ2) is 4.60. The third-order valence-corrected chi connectivity index (χ3v) is 3.05. The van der Waals surface area contributed by atoms with E-state index in [1.54, 1.807) is 0 Å². The van der Waals surface area contributed by atoms with Crippen molar-refractivity contribution in [2.75, 3.05) is 20.1 Å². The Bertz CT molecular complexity index is 357. The minimum Gasteiger partial charge on any atom is -0.480 e. The van der Waals surface area contributed by atoms with E-state index in [2.05, 4.69) is 0 Å². The second-order valence-electron chi connectivity index (χ2n) is 4.44. The number of primary amides is 1. The van der Waals surface area contributed by atoms with Gasteiger partial charge in [-0.15, -0.1) is 0 Å². The molecule has 7 heteroatoms. The highest BCUT2D eigenvalue weighted by atomic mass is 16.4. The normalized spacial score (nSPS) is 23.5. The van der Waals surface area contributed by atoms with Crippen molar-refractivity contribution in [3.63, 3.8) is 0 Å². The van der Waals surface area contributed by atoms with Gasteiger partial charge >= 0.3 is 12.0 Å². The lowest BCUT2D eigenvalue weighted by Crippen LogP contribution is -2.55. The summed E-state index contributed by atoms with van der Waals surface area (Å²) in [6, 6.07) is -0.480. The van der Waals surface area contributed by atoms with Crippen LogP contribution in [0.2, 0.25) is 0 Å². The van der Waals surface area contributed by atoms with Crippen LogP contribution in [0.1, 0.15) is 19.8 Å². The molecule has 1 rings (SSSR count). The van der Waals surface area contributed by atoms with Crippen LogP contribution in [0.4, 0.5) is 4.79 Å². The predicted octanol–water partition coefficient (Wildman–Crippen LogP) is -0.537. The number of carboxylic acids is 1. The summed E-state index contributed by atoms with van der Waals surface area (Å²) < 4.78 is 0. The molecule has 0 aromatic carbocycles. The summed E-state index contributed by atoms with van der Waals surface area (Å²) in [6.45, 7) is 1.67. The van der Waals surface area contributed by atoms with E-state index in [0.29, 0.717) is 19.4 Å². The van der Waals surface area contributed by atoms with Crippen LogP contribution in [0.15, 0.2) is 0 Å². The van der Waals surface area contributed by atoms with Crippen molar-refractivity contribution < 1.29 is 19.5 Å². The molecule has 7 nitrogen and oxygen atoms in total. The van der Waals surface area contributed by atoms with Gasteiger partial charge in [0.1, 0.15) is 12.1 Å². The minimum atomic E-state index is -1.19. The Morgan fingerprint density at radius 1 is 1.47 bits per heavy atom. The standard InChI is InChI=1S/C10H17N3O4/c1-10(8(15)16)4-3-5-13(10)9(17)12(2)6-7(11)14/h3-6H2,1-2H3,(H2,11,14)(H,15,16). The van der Waals surface area contributed by atoms with Gasteiger partial charge < -0.3 is 20.6 Å². The molecule has 96 valence electrons. The van der Waals surface area contributed by atoms with Crippen molar-refractivity contribution in [1.29, 1.82) is 0 Å². The maximum atomic E-state index is 12.0. The lowest BCUT2D eigenvalue weighted by molar-refractivity contribution is -0.147. The number of likely N-dealkylation sites (N-methyl/N-ethyl adjacent to an activating group) is 1. The molecule has 0 saturated carbocycles. The first kappa shape index (κ1) is 13.3. The first-order valence-electron chi connectivity index (χ1n) is 5.33. The zero-order valence-corrected chi connectivity index (χ0v) is 9.97. The molecule has 3 amide bonds. The number of carbonyl (C=O) groups is 3. The molecule has 0 aliphatic carbocycles. The molecule has 1 saturated heterocycles. The number of urea groups is 1. The third-order valence-electron chi connectivity index (χ3n) is 3.05. The molecule has 0 spiro atoms. The molecule has 17 heavy (non-hydrogen) atoms. The first-order chi connectivity index (χ1) is 7.79. The van der Waals surface area contributed by atoms with Crippen molar-refractivity contribution in [2.45, 2.75) is 25.3 Å². The maximum Gasteiger partial charge on any atom is 0.329 e. The van der Waals surface area contributed by atoms with E-state index in [9.17, 15) is 14.4 Å². The molecule has 0 aromatic heterocycles. The van der Waals surface area contributed by atoms with Gasteiger partial charge in [0.15, 0.2) is 0 Å². The van der Waals surface area contributed by atoms with Crippen LogP contribution >= 0.6 is 0 Å². The zero-order chi connectivity index (χ0) is 13.2. The highest BCUT2D eigenvalue weighted by Crippen LogP contribution is 2.29. The summed E-state index contributed by atoms with van der Waals surface area (Å²) >= 11 is 0. The molecule has 0 radical (unpaired) electrons. The molecule has 0 aromatic rings. The topological polar surface area (TPSA) is 104 Å². The fourth-order valence-electron chi connectivity index (χ4n) is 2.00. The van der Waals surface area contributed by atoms with Gasteiger partial charge in [-0.25, -0.2) is 9.59 Å². The highest BCUT2D eigenvalue weighted by molar-refractivity contribution is 5.88. The molecular formula is C10H17N3O4. The molecule has 1 atom stereocenters. The van der Waals surface area contributed by atoms with E-state index in [1.807, 2.05) is 0 Å². The van der Waals surface area contributed by atoms with Gasteiger partial charge in [-0.2, -0.15) is 0 Å². The Labute approximate surface area is 99.2 Å². The van der Waals surface area contributed by atoms with Gasteiger partial charge in [0.2, 0.25) is 5.91 Å². The number of rotatable bonds is 3. The average Bonchev–Trinajstić information content (AvgIpc) is 2.59. The number of hydrogen-bond acceptors (Lipinski definition) is 3. The Hall–Kier alpha value is -1.79. The Morgan fingerprint density at radius 2 is 2.06 bits per heavy atom. The lowest BCUT2D eigenvalue weighted by Gasteiger charge is -2.33. The van der Waals surface area contributed by atoms with Gasteiger partial charge in [0.05, 0.1) is 0 Å². The summed E-state index contributed by atoms with van der Waals surface area (Å²) in [5, 5.41) is 9.15. The van der Waals surface area contributed by atoms with E-state index in [0.717, 1.165) is 4.90 Å². The van der Waals surface area contributed by atoms with Crippen LogP contribution < -0.4 is 5.73 Å². The van der Waals surface area contributed by atoms with Crippen LogP contribution in [-0.2, 0) is 9.59 Å². The number of nitrogens with zero attached hydrogens (tertiary/aromatic N) is 2. The fourth-order valence-corrected chi connectivity index (χ4v) is 2.00. The SMILES string of the molecule is CN(CC(N)=O)C(=O)N1CCCC1(C)C(=O)O. The van der Waals surface area contributed by atoms with Crippen molar-refractivity contribution in [1.82, 2.24) is 9.80 Å². The van der Waals surface area contributed by atoms with E-state index >= 15 is 0 Å². The molecule has 1 fully saturated rings. The summed E-state index contributed by atoms with van der Waals surface area (Å²) in [4.78, 5) is 36.3. The van der Waals surface area contributed by atoms with Gasteiger partial charge in [-0.1, -0.05) is 0 Å². The fraction of sp³-hybridized carbons (Fsp3) is 0.700. The van der Waals surface area contributed by atoms with Crippen LogP contribution in [0.5, 0.6) is 0 Å². The molecular weight excluding hydrogens is 226 g/mol. The van der Waals surface area contributed by atoms with Crippen LogP contribution in [0.25, 0.3) is 0 Å². The number of aliphatic carboxylic acids is 1. The second-order valence-corrected chi connectivity index (χ2v) is 4.44. The van der Waals surface area contributed by atoms with Crippen molar-refractivity contribution >= 4 is 17.9 Å². The minimum absolute atomic E-state index is 0.217. The van der Waals surface area contributed by atoms with E-state index in [4.69, 9.17) is 10.8 Å². The predicted molar refractivity (Wildman–Crippen MR) is 59.2 cm³/mol. The molecule has 0 bridgehead atoms. The monoisotopic (exact) mass is 243 g/mol. The maximum absolute atomic E-state index is 12.0. The first-order valence-corrected chi connectivity index (χ1v) is 5.33. The summed E-state index contributed by atoms with van der Waals surface area (Å²) in [6.07, 6.45) is 1.05. The largest absolute Gasteiger partial charge is 0.480 e. The average molecular weight is 243 g/mol. The van der Waals surface area contributed by atoms with Crippen molar-refractivity contribution in [3.8, 4) is 0 Å². The van der Waals surface area contributed by atoms with Crippen molar-refractivity contribution in [3.05, 3.63) is 0 Å². The number of carboxylic acid groups (broad SMARTS) is 1. The Kier molecular flexibility index (Phi) is 3.59. The van der Waals surface area contributed by atoms with Crippen LogP contribution in [0, 0.1) is 0 Å². The number of amides is 3. The van der Waals surface area contributed by atoms with E-state index in [-0.39, 0.29) is 6.54 Å².